The summed E-state index contributed by atoms with van der Waals surface area (Å²) in [5, 5.41) is 13.7. The molecule has 0 aliphatic heterocycles. The third-order valence-corrected chi connectivity index (χ3v) is 3.36. The number of anilines is 1. The Bertz CT molecular complexity index is 870. The maximum atomic E-state index is 12.1. The van der Waals surface area contributed by atoms with E-state index in [-0.39, 0.29) is 30.9 Å². The smallest absolute Gasteiger partial charge is 0.303 e. The van der Waals surface area contributed by atoms with Gasteiger partial charge in [-0.2, -0.15) is 0 Å². The highest BCUT2D eigenvalue weighted by Crippen LogP contribution is 2.18. The molecule has 142 valence electrons. The van der Waals surface area contributed by atoms with Crippen LogP contribution in [0, 0.1) is 0 Å². The minimum absolute atomic E-state index is 0.126. The summed E-state index contributed by atoms with van der Waals surface area (Å²) in [6.07, 6.45) is 1.36. The van der Waals surface area contributed by atoms with Crippen LogP contribution in [-0.4, -0.2) is 35.4 Å². The number of carboxylic acid groups (broad SMARTS) is 1. The largest absolute Gasteiger partial charge is 0.481 e. The molecule has 10 heteroatoms. The first kappa shape index (κ1) is 19.5. The molecule has 2 rings (SSSR count). The number of hydrogen-bond donors (Lipinski definition) is 5. The van der Waals surface area contributed by atoms with Gasteiger partial charge in [0.15, 0.2) is 5.96 Å². The van der Waals surface area contributed by atoms with Gasteiger partial charge in [0.25, 0.3) is 5.91 Å². The fourth-order valence-corrected chi connectivity index (χ4v) is 2.19. The van der Waals surface area contributed by atoms with Crippen LogP contribution in [-0.2, 0) is 16.0 Å². The fraction of sp³-hybridized carbons (Fsp3) is 0.176. The Morgan fingerprint density at radius 1 is 1.19 bits per heavy atom. The van der Waals surface area contributed by atoms with E-state index >= 15 is 0 Å². The molecule has 0 saturated carbocycles. The van der Waals surface area contributed by atoms with E-state index in [1.54, 1.807) is 18.2 Å². The van der Waals surface area contributed by atoms with Gasteiger partial charge >= 0.3 is 5.97 Å². The summed E-state index contributed by atoms with van der Waals surface area (Å²) < 4.78 is 5.16. The lowest BCUT2D eigenvalue weighted by atomic mass is 10.2. The summed E-state index contributed by atoms with van der Waals surface area (Å²) in [6, 6.07) is 7.78. The molecule has 0 unspecified atom stereocenters. The van der Waals surface area contributed by atoms with E-state index in [0.717, 1.165) is 0 Å². The van der Waals surface area contributed by atoms with Crippen LogP contribution < -0.4 is 22.1 Å². The van der Waals surface area contributed by atoms with Crippen molar-refractivity contribution in [1.29, 1.82) is 0 Å². The predicted molar refractivity (Wildman–Crippen MR) is 97.5 cm³/mol. The molecule has 0 fully saturated rings. The quantitative estimate of drug-likeness (QED) is 0.332. The zero-order valence-electron chi connectivity index (χ0n) is 14.3. The van der Waals surface area contributed by atoms with Crippen molar-refractivity contribution in [3.05, 3.63) is 47.9 Å². The average Bonchev–Trinajstić information content (AvgIpc) is 3.04. The number of amides is 2. The molecular formula is C17H19N5O5. The SMILES string of the molecule is NC(N)=Nc1cccc(C(=O)NCC(=O)Nc2ccoc2CCC(=O)O)c1. The van der Waals surface area contributed by atoms with Crippen LogP contribution in [0.15, 0.2) is 46.0 Å². The predicted octanol–water partition coefficient (Wildman–Crippen LogP) is 0.570. The summed E-state index contributed by atoms with van der Waals surface area (Å²) in [6.45, 7) is -0.283. The van der Waals surface area contributed by atoms with Gasteiger partial charge in [-0.25, -0.2) is 4.99 Å². The highest BCUT2D eigenvalue weighted by atomic mass is 16.4. The summed E-state index contributed by atoms with van der Waals surface area (Å²) in [7, 11) is 0. The normalized spacial score (nSPS) is 10.1. The maximum Gasteiger partial charge on any atom is 0.303 e. The number of rotatable bonds is 8. The van der Waals surface area contributed by atoms with E-state index in [0.29, 0.717) is 17.1 Å². The van der Waals surface area contributed by atoms with E-state index in [1.807, 2.05) is 0 Å². The molecule has 7 N–H and O–H groups in total. The van der Waals surface area contributed by atoms with Gasteiger partial charge in [-0.15, -0.1) is 0 Å². The van der Waals surface area contributed by atoms with E-state index in [9.17, 15) is 14.4 Å². The minimum atomic E-state index is -0.973. The number of benzene rings is 1. The van der Waals surface area contributed by atoms with E-state index in [2.05, 4.69) is 15.6 Å². The molecular weight excluding hydrogens is 354 g/mol. The van der Waals surface area contributed by atoms with Crippen molar-refractivity contribution in [3.63, 3.8) is 0 Å². The summed E-state index contributed by atoms with van der Waals surface area (Å²) in [4.78, 5) is 38.6. The van der Waals surface area contributed by atoms with Gasteiger partial charge < -0.3 is 31.6 Å². The van der Waals surface area contributed by atoms with Crippen molar-refractivity contribution in [1.82, 2.24) is 5.32 Å². The van der Waals surface area contributed by atoms with Crippen LogP contribution in [0.25, 0.3) is 0 Å². The van der Waals surface area contributed by atoms with Crippen LogP contribution in [0.5, 0.6) is 0 Å². The molecule has 2 amide bonds. The first-order valence-corrected chi connectivity index (χ1v) is 7.91. The van der Waals surface area contributed by atoms with Gasteiger partial charge in [-0.05, 0) is 18.2 Å². The van der Waals surface area contributed by atoms with E-state index in [4.69, 9.17) is 21.0 Å². The Morgan fingerprint density at radius 2 is 1.96 bits per heavy atom. The molecule has 0 aliphatic rings. The fourth-order valence-electron chi connectivity index (χ4n) is 2.19. The van der Waals surface area contributed by atoms with Crippen LogP contribution in [0.3, 0.4) is 0 Å². The van der Waals surface area contributed by atoms with E-state index in [1.165, 1.54) is 18.4 Å². The zero-order valence-corrected chi connectivity index (χ0v) is 14.3. The number of nitrogens with one attached hydrogen (secondary N) is 2. The number of hydrogen-bond acceptors (Lipinski definition) is 5. The molecule has 0 atom stereocenters. The van der Waals surface area contributed by atoms with Crippen molar-refractivity contribution >= 4 is 35.1 Å². The van der Waals surface area contributed by atoms with Gasteiger partial charge in [0.1, 0.15) is 5.76 Å². The minimum Gasteiger partial charge on any atom is -0.481 e. The number of nitrogens with two attached hydrogens (primary N) is 2. The molecule has 0 radical (unpaired) electrons. The highest BCUT2D eigenvalue weighted by molar-refractivity contribution is 6.00. The first-order valence-electron chi connectivity index (χ1n) is 7.91. The maximum absolute atomic E-state index is 12.1. The zero-order chi connectivity index (χ0) is 19.8. The van der Waals surface area contributed by atoms with Crippen molar-refractivity contribution < 1.29 is 23.9 Å². The van der Waals surface area contributed by atoms with Gasteiger partial charge in [0, 0.05) is 18.1 Å². The Morgan fingerprint density at radius 3 is 2.67 bits per heavy atom. The van der Waals surface area contributed by atoms with Gasteiger partial charge in [-0.1, -0.05) is 6.07 Å². The lowest BCUT2D eigenvalue weighted by Gasteiger charge is -2.07. The number of carbonyl (C=O) groups excluding carboxylic acids is 2. The number of aliphatic carboxylic acids is 1. The molecule has 0 spiro atoms. The number of guanidine groups is 1. The molecule has 0 saturated heterocycles. The van der Waals surface area contributed by atoms with Crippen LogP contribution >= 0.6 is 0 Å². The molecule has 1 aromatic carbocycles. The summed E-state index contributed by atoms with van der Waals surface area (Å²) in [5.41, 5.74) is 11.7. The average molecular weight is 373 g/mol. The third kappa shape index (κ3) is 6.20. The summed E-state index contributed by atoms with van der Waals surface area (Å²) in [5.74, 6) is -1.72. The second kappa shape index (κ2) is 9.04. The van der Waals surface area contributed by atoms with Crippen molar-refractivity contribution in [3.8, 4) is 0 Å². The van der Waals surface area contributed by atoms with Gasteiger partial charge in [0.05, 0.1) is 30.6 Å². The Hall–Kier alpha value is -3.82. The highest BCUT2D eigenvalue weighted by Gasteiger charge is 2.13. The Kier molecular flexibility index (Phi) is 6.53. The number of carbonyl (C=O) groups is 3. The summed E-state index contributed by atoms with van der Waals surface area (Å²) >= 11 is 0. The van der Waals surface area contributed by atoms with E-state index < -0.39 is 17.8 Å². The van der Waals surface area contributed by atoms with Crippen LogP contribution in [0.2, 0.25) is 0 Å². The molecule has 1 heterocycles. The molecule has 2 aromatic rings. The van der Waals surface area contributed by atoms with Crippen LogP contribution in [0.4, 0.5) is 11.4 Å². The first-order chi connectivity index (χ1) is 12.8. The molecule has 27 heavy (non-hydrogen) atoms. The topological polar surface area (TPSA) is 173 Å². The molecule has 0 bridgehead atoms. The number of nitrogens with zero attached hydrogens (tertiary/aromatic N) is 1. The van der Waals surface area contributed by atoms with Gasteiger partial charge in [0.2, 0.25) is 5.91 Å². The third-order valence-electron chi connectivity index (χ3n) is 3.36. The monoisotopic (exact) mass is 373 g/mol. The number of furan rings is 1. The number of carboxylic acids is 1. The second-order valence-electron chi connectivity index (χ2n) is 5.47. The van der Waals surface area contributed by atoms with Gasteiger partial charge in [-0.3, -0.25) is 14.4 Å². The van der Waals surface area contributed by atoms with Crippen molar-refractivity contribution in [2.24, 2.45) is 16.5 Å². The Labute approximate surface area is 154 Å². The molecule has 10 nitrogen and oxygen atoms in total. The van der Waals surface area contributed by atoms with Crippen molar-refractivity contribution in [2.45, 2.75) is 12.8 Å². The number of aryl methyl sites for hydroxylation is 1. The van der Waals surface area contributed by atoms with Crippen LogP contribution in [0.1, 0.15) is 22.5 Å². The standard InChI is InChI=1S/C17H19N5O5/c18-17(19)21-11-3-1-2-10(8-11)16(26)20-9-14(23)22-12-6-7-27-13(12)4-5-15(24)25/h1-3,6-8H,4-5,9H2,(H,20,26)(H,22,23)(H,24,25)(H4,18,19,21). The molecule has 1 aromatic heterocycles. The number of aliphatic imine (C=N–C) groups is 1. The second-order valence-corrected chi connectivity index (χ2v) is 5.47. The molecule has 0 aliphatic carbocycles. The lowest BCUT2D eigenvalue weighted by molar-refractivity contribution is -0.137. The lowest BCUT2D eigenvalue weighted by Crippen LogP contribution is -2.32. The van der Waals surface area contributed by atoms with Crippen molar-refractivity contribution in [2.75, 3.05) is 11.9 Å². The Balaban J connectivity index is 1.91.